The van der Waals surface area contributed by atoms with Gasteiger partial charge in [-0.1, -0.05) is 39.0 Å². The molecule has 0 amide bonds. The predicted octanol–water partition coefficient (Wildman–Crippen LogP) is 3.89. The lowest BCUT2D eigenvalue weighted by atomic mass is 9.85. The van der Waals surface area contributed by atoms with Crippen LogP contribution in [-0.4, -0.2) is 19.8 Å². The summed E-state index contributed by atoms with van der Waals surface area (Å²) < 4.78 is 5.72. The Kier molecular flexibility index (Phi) is 6.06. The van der Waals surface area contributed by atoms with Gasteiger partial charge in [0.15, 0.2) is 0 Å². The third-order valence-corrected chi connectivity index (χ3v) is 4.43. The number of aryl methyl sites for hydroxylation is 2. The second kappa shape index (κ2) is 7.80. The van der Waals surface area contributed by atoms with Crippen molar-refractivity contribution in [2.45, 2.75) is 52.5 Å². The summed E-state index contributed by atoms with van der Waals surface area (Å²) in [7, 11) is 0. The van der Waals surface area contributed by atoms with Crippen LogP contribution in [0.3, 0.4) is 0 Å². The van der Waals surface area contributed by atoms with Gasteiger partial charge in [0.2, 0.25) is 0 Å². The molecule has 1 saturated heterocycles. The summed E-state index contributed by atoms with van der Waals surface area (Å²) >= 11 is 0. The second-order valence-corrected chi connectivity index (χ2v) is 5.75. The normalized spacial score (nSPS) is 20.9. The third-order valence-electron chi connectivity index (χ3n) is 4.43. The molecule has 2 unspecified atom stereocenters. The van der Waals surface area contributed by atoms with Crippen LogP contribution in [0.1, 0.15) is 56.3 Å². The van der Waals surface area contributed by atoms with E-state index < -0.39 is 0 Å². The van der Waals surface area contributed by atoms with E-state index in [2.05, 4.69) is 44.3 Å². The fourth-order valence-corrected chi connectivity index (χ4v) is 3.25. The molecule has 112 valence electrons. The van der Waals surface area contributed by atoms with Gasteiger partial charge in [-0.2, -0.15) is 0 Å². The Labute approximate surface area is 123 Å². The van der Waals surface area contributed by atoms with Crippen molar-refractivity contribution < 1.29 is 4.74 Å². The van der Waals surface area contributed by atoms with E-state index >= 15 is 0 Å². The number of hydrogen-bond donors (Lipinski definition) is 1. The van der Waals surface area contributed by atoms with Gasteiger partial charge in [0.1, 0.15) is 0 Å². The van der Waals surface area contributed by atoms with Gasteiger partial charge in [0.05, 0.1) is 6.61 Å². The molecule has 2 heteroatoms. The highest BCUT2D eigenvalue weighted by atomic mass is 16.5. The van der Waals surface area contributed by atoms with Crippen LogP contribution in [0.5, 0.6) is 0 Å². The molecule has 1 heterocycles. The largest absolute Gasteiger partial charge is 0.381 e. The molecule has 0 aliphatic carbocycles. The molecule has 1 aliphatic rings. The van der Waals surface area contributed by atoms with Crippen LogP contribution < -0.4 is 5.32 Å². The zero-order chi connectivity index (χ0) is 14.4. The Balaban J connectivity index is 2.30. The molecular formula is C18H29NO. The summed E-state index contributed by atoms with van der Waals surface area (Å²) in [5, 5.41) is 3.71. The minimum atomic E-state index is 0.446. The smallest absolute Gasteiger partial charge is 0.0512 e. The Morgan fingerprint density at radius 1 is 1.25 bits per heavy atom. The third kappa shape index (κ3) is 3.62. The van der Waals surface area contributed by atoms with Crippen molar-refractivity contribution in [3.8, 4) is 0 Å². The maximum atomic E-state index is 5.72. The Bertz CT molecular complexity index is 410. The SMILES string of the molecule is CCNC(c1cc(CC)ccc1CC)C1CCCOC1. The van der Waals surface area contributed by atoms with E-state index in [0.29, 0.717) is 12.0 Å². The Hall–Kier alpha value is -0.860. The van der Waals surface area contributed by atoms with Gasteiger partial charge in [-0.3, -0.25) is 0 Å². The molecule has 0 saturated carbocycles. The van der Waals surface area contributed by atoms with Gasteiger partial charge in [0.25, 0.3) is 0 Å². The predicted molar refractivity (Wildman–Crippen MR) is 85.2 cm³/mol. The molecule has 2 nitrogen and oxygen atoms in total. The van der Waals surface area contributed by atoms with Gasteiger partial charge in [0, 0.05) is 18.6 Å². The first-order valence-corrected chi connectivity index (χ1v) is 8.22. The van der Waals surface area contributed by atoms with Gasteiger partial charge >= 0.3 is 0 Å². The summed E-state index contributed by atoms with van der Waals surface area (Å²) in [6.45, 7) is 9.54. The maximum absolute atomic E-state index is 5.72. The first kappa shape index (κ1) is 15.5. The van der Waals surface area contributed by atoms with E-state index in [4.69, 9.17) is 4.74 Å². The molecule has 1 N–H and O–H groups in total. The topological polar surface area (TPSA) is 21.3 Å². The van der Waals surface area contributed by atoms with Crippen LogP contribution in [0.2, 0.25) is 0 Å². The average Bonchev–Trinajstić information content (AvgIpc) is 2.53. The quantitative estimate of drug-likeness (QED) is 0.850. The molecule has 1 aromatic carbocycles. The lowest BCUT2D eigenvalue weighted by Crippen LogP contribution is -2.34. The molecule has 1 aromatic rings. The number of benzene rings is 1. The van der Waals surface area contributed by atoms with Gasteiger partial charge in [-0.15, -0.1) is 0 Å². The van der Waals surface area contributed by atoms with E-state index in [-0.39, 0.29) is 0 Å². The first-order chi connectivity index (χ1) is 9.80. The van der Waals surface area contributed by atoms with Crippen molar-refractivity contribution in [1.82, 2.24) is 5.32 Å². The highest BCUT2D eigenvalue weighted by molar-refractivity contribution is 5.35. The fraction of sp³-hybridized carbons (Fsp3) is 0.667. The summed E-state index contributed by atoms with van der Waals surface area (Å²) in [5.41, 5.74) is 4.43. The van der Waals surface area contributed by atoms with Crippen molar-refractivity contribution in [2.75, 3.05) is 19.8 Å². The molecule has 2 rings (SSSR count). The fourth-order valence-electron chi connectivity index (χ4n) is 3.25. The highest BCUT2D eigenvalue weighted by Gasteiger charge is 2.26. The Morgan fingerprint density at radius 3 is 2.70 bits per heavy atom. The Morgan fingerprint density at radius 2 is 2.10 bits per heavy atom. The number of nitrogens with one attached hydrogen (secondary N) is 1. The molecule has 2 atom stereocenters. The summed E-state index contributed by atoms with van der Waals surface area (Å²) in [5.74, 6) is 0.612. The van der Waals surface area contributed by atoms with Crippen LogP contribution >= 0.6 is 0 Å². The van der Waals surface area contributed by atoms with Crippen molar-refractivity contribution in [3.05, 3.63) is 34.9 Å². The van der Waals surface area contributed by atoms with E-state index in [1.807, 2.05) is 0 Å². The number of ether oxygens (including phenoxy) is 1. The van der Waals surface area contributed by atoms with E-state index in [1.54, 1.807) is 0 Å². The summed E-state index contributed by atoms with van der Waals surface area (Å²) in [6.07, 6.45) is 4.68. The van der Waals surface area contributed by atoms with Crippen LogP contribution in [0.15, 0.2) is 18.2 Å². The molecule has 20 heavy (non-hydrogen) atoms. The first-order valence-electron chi connectivity index (χ1n) is 8.22. The summed E-state index contributed by atoms with van der Waals surface area (Å²) in [6, 6.07) is 7.47. The van der Waals surface area contributed by atoms with Crippen LogP contribution in [0.4, 0.5) is 0 Å². The molecule has 0 aromatic heterocycles. The molecule has 1 fully saturated rings. The molecule has 1 aliphatic heterocycles. The maximum Gasteiger partial charge on any atom is 0.0512 e. The van der Waals surface area contributed by atoms with E-state index in [0.717, 1.165) is 32.6 Å². The van der Waals surface area contributed by atoms with Gasteiger partial charge in [-0.05, 0) is 48.9 Å². The minimum absolute atomic E-state index is 0.446. The molecule has 0 spiro atoms. The zero-order valence-electron chi connectivity index (χ0n) is 13.2. The van der Waals surface area contributed by atoms with E-state index in [1.165, 1.54) is 29.5 Å². The highest BCUT2D eigenvalue weighted by Crippen LogP contribution is 2.31. The molecule has 0 bridgehead atoms. The lowest BCUT2D eigenvalue weighted by Gasteiger charge is -2.32. The van der Waals surface area contributed by atoms with Crippen LogP contribution in [0.25, 0.3) is 0 Å². The van der Waals surface area contributed by atoms with Gasteiger partial charge in [-0.25, -0.2) is 0 Å². The standard InChI is InChI=1S/C18H29NO/c1-4-14-9-10-15(5-2)17(12-14)18(19-6-3)16-8-7-11-20-13-16/h9-10,12,16,18-19H,4-8,11,13H2,1-3H3. The average molecular weight is 275 g/mol. The monoisotopic (exact) mass is 275 g/mol. The minimum Gasteiger partial charge on any atom is -0.381 e. The van der Waals surface area contributed by atoms with Gasteiger partial charge < -0.3 is 10.1 Å². The van der Waals surface area contributed by atoms with Crippen LogP contribution in [-0.2, 0) is 17.6 Å². The number of rotatable bonds is 6. The summed E-state index contributed by atoms with van der Waals surface area (Å²) in [4.78, 5) is 0. The van der Waals surface area contributed by atoms with Crippen molar-refractivity contribution >= 4 is 0 Å². The van der Waals surface area contributed by atoms with Crippen LogP contribution in [0, 0.1) is 5.92 Å². The van der Waals surface area contributed by atoms with Crippen molar-refractivity contribution in [1.29, 1.82) is 0 Å². The second-order valence-electron chi connectivity index (χ2n) is 5.75. The molecule has 0 radical (unpaired) electrons. The van der Waals surface area contributed by atoms with Crippen molar-refractivity contribution in [2.24, 2.45) is 5.92 Å². The van der Waals surface area contributed by atoms with Crippen molar-refractivity contribution in [3.63, 3.8) is 0 Å². The number of hydrogen-bond acceptors (Lipinski definition) is 2. The van der Waals surface area contributed by atoms with E-state index in [9.17, 15) is 0 Å². The molecular weight excluding hydrogens is 246 g/mol. The lowest BCUT2D eigenvalue weighted by molar-refractivity contribution is 0.0391. The zero-order valence-corrected chi connectivity index (χ0v) is 13.2.